The third-order valence-electron chi connectivity index (χ3n) is 3.84. The third-order valence-corrected chi connectivity index (χ3v) is 4.03. The van der Waals surface area contributed by atoms with Gasteiger partial charge in [-0.15, -0.1) is 0 Å². The quantitative estimate of drug-likeness (QED) is 0.438. The van der Waals surface area contributed by atoms with Gasteiger partial charge < -0.3 is 9.88 Å². The summed E-state index contributed by atoms with van der Waals surface area (Å²) in [6, 6.07) is 18.1. The molecule has 0 saturated carbocycles. The molecule has 0 aliphatic carbocycles. The monoisotopic (exact) mass is 322 g/mol. The van der Waals surface area contributed by atoms with Gasteiger partial charge in [0.05, 0.1) is 6.21 Å². The zero-order chi connectivity index (χ0) is 16.2. The van der Waals surface area contributed by atoms with Crippen molar-refractivity contribution in [2.24, 2.45) is 12.1 Å². The number of fused-ring (bicyclic) bond motifs is 1. The van der Waals surface area contributed by atoms with Gasteiger partial charge >= 0.3 is 0 Å². The number of hydrogen-bond acceptors (Lipinski definition) is 2. The van der Waals surface area contributed by atoms with Crippen LogP contribution in [0.4, 0.5) is 5.69 Å². The van der Waals surface area contributed by atoms with Gasteiger partial charge in [-0.3, -0.25) is 5.43 Å². The normalized spacial score (nSPS) is 11.0. The molecule has 2 aromatic carbocycles. The second-order valence-electron chi connectivity index (χ2n) is 5.27. The Balaban J connectivity index is 1.74. The van der Waals surface area contributed by atoms with Crippen LogP contribution in [0.1, 0.15) is 11.3 Å². The molecule has 5 heteroatoms. The molecule has 0 saturated heterocycles. The number of hydrazone groups is 1. The highest BCUT2D eigenvalue weighted by molar-refractivity contribution is 7.80. The van der Waals surface area contributed by atoms with Gasteiger partial charge in [-0.05, 0) is 37.3 Å². The summed E-state index contributed by atoms with van der Waals surface area (Å²) in [5.74, 6) is 0. The van der Waals surface area contributed by atoms with Crippen LogP contribution in [0.2, 0.25) is 0 Å². The molecule has 0 aliphatic heterocycles. The molecule has 116 valence electrons. The van der Waals surface area contributed by atoms with Crippen molar-refractivity contribution in [2.75, 3.05) is 5.32 Å². The highest BCUT2D eigenvalue weighted by Crippen LogP contribution is 2.22. The van der Waals surface area contributed by atoms with Crippen LogP contribution in [0.25, 0.3) is 10.9 Å². The minimum Gasteiger partial charge on any atom is -0.347 e. The maximum absolute atomic E-state index is 5.24. The Labute approximate surface area is 140 Å². The third kappa shape index (κ3) is 3.24. The second kappa shape index (κ2) is 6.62. The molecule has 0 bridgehead atoms. The summed E-state index contributed by atoms with van der Waals surface area (Å²) in [5, 5.41) is 9.00. The van der Waals surface area contributed by atoms with Crippen LogP contribution >= 0.6 is 12.2 Å². The van der Waals surface area contributed by atoms with Gasteiger partial charge in [0.1, 0.15) is 0 Å². The number of para-hydroxylation sites is 2. The van der Waals surface area contributed by atoms with Crippen molar-refractivity contribution in [1.82, 2.24) is 9.99 Å². The molecule has 0 aliphatic rings. The van der Waals surface area contributed by atoms with Crippen molar-refractivity contribution in [3.63, 3.8) is 0 Å². The summed E-state index contributed by atoms with van der Waals surface area (Å²) in [7, 11) is 2.06. The largest absolute Gasteiger partial charge is 0.347 e. The number of nitrogens with zero attached hydrogens (tertiary/aromatic N) is 2. The Hall–Kier alpha value is -2.66. The number of nitrogens with one attached hydrogen (secondary N) is 2. The van der Waals surface area contributed by atoms with E-state index < -0.39 is 0 Å². The summed E-state index contributed by atoms with van der Waals surface area (Å²) in [4.78, 5) is 0. The van der Waals surface area contributed by atoms with Gasteiger partial charge in [-0.2, -0.15) is 5.10 Å². The van der Waals surface area contributed by atoms with Gasteiger partial charge in [0.25, 0.3) is 0 Å². The number of aromatic nitrogens is 1. The van der Waals surface area contributed by atoms with Crippen molar-refractivity contribution < 1.29 is 0 Å². The summed E-state index contributed by atoms with van der Waals surface area (Å²) < 4.78 is 2.16. The lowest BCUT2D eigenvalue weighted by atomic mass is 10.1. The van der Waals surface area contributed by atoms with Crippen LogP contribution in [0, 0.1) is 6.92 Å². The van der Waals surface area contributed by atoms with E-state index in [-0.39, 0.29) is 0 Å². The number of hydrogen-bond donors (Lipinski definition) is 2. The van der Waals surface area contributed by atoms with E-state index in [2.05, 4.69) is 46.5 Å². The molecule has 4 nitrogen and oxygen atoms in total. The minimum absolute atomic E-state index is 0.463. The van der Waals surface area contributed by atoms with Crippen molar-refractivity contribution in [2.45, 2.75) is 6.92 Å². The molecule has 3 aromatic rings. The maximum Gasteiger partial charge on any atom is 0.191 e. The molecular weight excluding hydrogens is 304 g/mol. The van der Waals surface area contributed by atoms with E-state index in [0.717, 1.165) is 11.3 Å². The molecule has 1 heterocycles. The molecule has 0 radical (unpaired) electrons. The smallest absolute Gasteiger partial charge is 0.191 e. The van der Waals surface area contributed by atoms with Gasteiger partial charge in [0.2, 0.25) is 0 Å². The minimum atomic E-state index is 0.463. The molecule has 0 atom stereocenters. The molecule has 0 unspecified atom stereocenters. The summed E-state index contributed by atoms with van der Waals surface area (Å²) in [6.45, 7) is 2.09. The Morgan fingerprint density at radius 3 is 2.57 bits per heavy atom. The van der Waals surface area contributed by atoms with Crippen LogP contribution in [-0.2, 0) is 7.05 Å². The molecule has 1 aromatic heterocycles. The summed E-state index contributed by atoms with van der Waals surface area (Å²) >= 11 is 5.24. The van der Waals surface area contributed by atoms with Crippen LogP contribution in [0.15, 0.2) is 59.7 Å². The first kappa shape index (κ1) is 15.2. The Morgan fingerprint density at radius 2 is 1.78 bits per heavy atom. The average Bonchev–Trinajstić information content (AvgIpc) is 2.81. The number of rotatable bonds is 3. The zero-order valence-corrected chi connectivity index (χ0v) is 13.9. The molecule has 0 amide bonds. The van der Waals surface area contributed by atoms with Crippen LogP contribution in [0.5, 0.6) is 0 Å². The topological polar surface area (TPSA) is 41.4 Å². The number of aryl methyl sites for hydroxylation is 1. The van der Waals surface area contributed by atoms with E-state index in [1.165, 1.54) is 16.6 Å². The zero-order valence-electron chi connectivity index (χ0n) is 13.1. The molecule has 0 spiro atoms. The van der Waals surface area contributed by atoms with Crippen LogP contribution in [-0.4, -0.2) is 15.9 Å². The van der Waals surface area contributed by atoms with E-state index in [0.29, 0.717) is 5.11 Å². The summed E-state index contributed by atoms with van der Waals surface area (Å²) in [6.07, 6.45) is 1.82. The predicted molar refractivity (Wildman–Crippen MR) is 101 cm³/mol. The Bertz CT molecular complexity index is 865. The number of thiocarbonyl (C=S) groups is 1. The number of anilines is 1. The molecule has 0 fully saturated rings. The first-order valence-electron chi connectivity index (χ1n) is 7.36. The first-order valence-corrected chi connectivity index (χ1v) is 7.77. The Kier molecular flexibility index (Phi) is 4.39. The van der Waals surface area contributed by atoms with Crippen molar-refractivity contribution in [3.8, 4) is 0 Å². The van der Waals surface area contributed by atoms with E-state index >= 15 is 0 Å². The van der Waals surface area contributed by atoms with Gasteiger partial charge in [-0.1, -0.05) is 36.4 Å². The van der Waals surface area contributed by atoms with E-state index in [9.17, 15) is 0 Å². The lowest BCUT2D eigenvalue weighted by molar-refractivity contribution is 0.916. The fraction of sp³-hybridized carbons (Fsp3) is 0.111. The molecule has 3 rings (SSSR count). The highest BCUT2D eigenvalue weighted by atomic mass is 32.1. The van der Waals surface area contributed by atoms with Crippen LogP contribution in [0.3, 0.4) is 0 Å². The standard InChI is InChI=1S/C18H18N4S/c1-13-16(15-10-6-7-11-17(15)22(13)2)12-19-21-18(23)20-14-8-4-3-5-9-14/h3-12H,1-2H3,(H2,20,21,23)/b19-12+. The lowest BCUT2D eigenvalue weighted by Crippen LogP contribution is -2.23. The number of benzene rings is 2. The van der Waals surface area contributed by atoms with Gasteiger partial charge in [0, 0.05) is 34.9 Å². The molecule has 23 heavy (non-hydrogen) atoms. The van der Waals surface area contributed by atoms with E-state index in [4.69, 9.17) is 12.2 Å². The maximum atomic E-state index is 5.24. The fourth-order valence-corrected chi connectivity index (χ4v) is 2.72. The second-order valence-corrected chi connectivity index (χ2v) is 5.67. The molecule has 2 N–H and O–H groups in total. The van der Waals surface area contributed by atoms with Gasteiger partial charge in [0.15, 0.2) is 5.11 Å². The lowest BCUT2D eigenvalue weighted by Gasteiger charge is -2.06. The van der Waals surface area contributed by atoms with Crippen LogP contribution < -0.4 is 10.7 Å². The van der Waals surface area contributed by atoms with Gasteiger partial charge in [-0.25, -0.2) is 0 Å². The van der Waals surface area contributed by atoms with Crippen molar-refractivity contribution in [3.05, 3.63) is 65.9 Å². The molecular formula is C18H18N4S. The van der Waals surface area contributed by atoms with Crippen molar-refractivity contribution in [1.29, 1.82) is 0 Å². The van der Waals surface area contributed by atoms with E-state index in [1.807, 2.05) is 48.7 Å². The van der Waals surface area contributed by atoms with Crippen molar-refractivity contribution >= 4 is 40.1 Å². The highest BCUT2D eigenvalue weighted by Gasteiger charge is 2.09. The fourth-order valence-electron chi connectivity index (χ4n) is 2.55. The predicted octanol–water partition coefficient (Wildman–Crippen LogP) is 3.81. The Morgan fingerprint density at radius 1 is 1.09 bits per heavy atom. The van der Waals surface area contributed by atoms with E-state index in [1.54, 1.807) is 0 Å². The average molecular weight is 322 g/mol. The first-order chi connectivity index (χ1) is 11.2. The summed E-state index contributed by atoms with van der Waals surface area (Å²) in [5.41, 5.74) is 7.25. The SMILES string of the molecule is Cc1c(/C=N/NC(=S)Nc2ccccc2)c2ccccc2n1C.